The van der Waals surface area contributed by atoms with E-state index in [1.807, 2.05) is 12.1 Å². The Morgan fingerprint density at radius 3 is 2.39 bits per heavy atom. The summed E-state index contributed by atoms with van der Waals surface area (Å²) in [6.45, 7) is 4.11. The van der Waals surface area contributed by atoms with E-state index in [1.54, 1.807) is 0 Å². The molecule has 1 fully saturated rings. The van der Waals surface area contributed by atoms with Crippen LogP contribution in [0.4, 0.5) is 5.69 Å². The molecule has 18 heavy (non-hydrogen) atoms. The lowest BCUT2D eigenvalue weighted by Crippen LogP contribution is -2.11. The van der Waals surface area contributed by atoms with Crippen LogP contribution in [-0.2, 0) is 5.41 Å². The van der Waals surface area contributed by atoms with Gasteiger partial charge >= 0.3 is 0 Å². The number of nitrogens with zero attached hydrogens (tertiary/aromatic N) is 2. The second-order valence-electron chi connectivity index (χ2n) is 5.32. The molecule has 94 valence electrons. The lowest BCUT2D eigenvalue weighted by atomic mass is 9.95. The summed E-state index contributed by atoms with van der Waals surface area (Å²) in [5.74, 6) is 1.80. The van der Waals surface area contributed by atoms with Crippen LogP contribution in [0.1, 0.15) is 49.9 Å². The average Bonchev–Trinajstić information content (AvgIpc) is 3.00. The Morgan fingerprint density at radius 2 is 1.89 bits per heavy atom. The van der Waals surface area contributed by atoms with E-state index in [9.17, 15) is 0 Å². The molecule has 1 saturated carbocycles. The molecule has 1 aliphatic carbocycles. The van der Waals surface area contributed by atoms with Crippen LogP contribution in [-0.4, -0.2) is 10.1 Å². The van der Waals surface area contributed by atoms with Gasteiger partial charge in [0.2, 0.25) is 5.89 Å². The molecule has 4 heteroatoms. The van der Waals surface area contributed by atoms with E-state index in [4.69, 9.17) is 10.3 Å². The number of anilines is 1. The maximum atomic E-state index is 5.72. The summed E-state index contributed by atoms with van der Waals surface area (Å²) in [5.41, 5.74) is 7.70. The van der Waals surface area contributed by atoms with E-state index in [0.29, 0.717) is 5.89 Å². The van der Waals surface area contributed by atoms with Crippen LogP contribution in [0.3, 0.4) is 0 Å². The molecule has 0 atom stereocenters. The first kappa shape index (κ1) is 11.3. The summed E-state index contributed by atoms with van der Waals surface area (Å²) in [5, 5.41) is 4.15. The summed E-state index contributed by atoms with van der Waals surface area (Å²) in [6.07, 6.45) is 2.15. The second-order valence-corrected chi connectivity index (χ2v) is 5.32. The predicted octanol–water partition coefficient (Wildman–Crippen LogP) is 2.86. The van der Waals surface area contributed by atoms with Gasteiger partial charge in [0.05, 0.1) is 5.41 Å². The third-order valence-corrected chi connectivity index (χ3v) is 3.58. The zero-order valence-corrected chi connectivity index (χ0v) is 10.7. The Balaban J connectivity index is 1.96. The Labute approximate surface area is 106 Å². The molecule has 1 aliphatic rings. The van der Waals surface area contributed by atoms with E-state index in [1.165, 1.54) is 5.56 Å². The number of hydrogen-bond acceptors (Lipinski definition) is 4. The van der Waals surface area contributed by atoms with Gasteiger partial charge in [-0.1, -0.05) is 31.1 Å². The van der Waals surface area contributed by atoms with Crippen LogP contribution < -0.4 is 5.73 Å². The Morgan fingerprint density at radius 1 is 1.22 bits per heavy atom. The highest BCUT2D eigenvalue weighted by atomic mass is 16.5. The van der Waals surface area contributed by atoms with Crippen LogP contribution in [0.2, 0.25) is 0 Å². The molecule has 4 nitrogen and oxygen atoms in total. The van der Waals surface area contributed by atoms with Gasteiger partial charge in [0.1, 0.15) is 0 Å². The Hall–Kier alpha value is -1.84. The van der Waals surface area contributed by atoms with Gasteiger partial charge in [0.15, 0.2) is 5.82 Å². The molecule has 0 amide bonds. The molecule has 0 saturated heterocycles. The van der Waals surface area contributed by atoms with Crippen molar-refractivity contribution in [3.05, 3.63) is 41.5 Å². The number of nitrogens with two attached hydrogens (primary N) is 1. The first-order valence-corrected chi connectivity index (χ1v) is 6.32. The van der Waals surface area contributed by atoms with Gasteiger partial charge < -0.3 is 10.3 Å². The van der Waals surface area contributed by atoms with Gasteiger partial charge in [-0.2, -0.15) is 4.98 Å². The molecule has 3 rings (SSSR count). The van der Waals surface area contributed by atoms with Crippen molar-refractivity contribution in [2.75, 3.05) is 5.73 Å². The van der Waals surface area contributed by atoms with Crippen molar-refractivity contribution in [1.29, 1.82) is 0 Å². The van der Waals surface area contributed by atoms with Gasteiger partial charge in [0, 0.05) is 11.6 Å². The molecule has 0 radical (unpaired) electrons. The van der Waals surface area contributed by atoms with Crippen molar-refractivity contribution >= 4 is 5.69 Å². The summed E-state index contributed by atoms with van der Waals surface area (Å²) in [4.78, 5) is 4.53. The quantitative estimate of drug-likeness (QED) is 0.842. The first-order chi connectivity index (χ1) is 8.62. The average molecular weight is 243 g/mol. The third-order valence-electron chi connectivity index (χ3n) is 3.58. The summed E-state index contributed by atoms with van der Waals surface area (Å²) in [6, 6.07) is 7.99. The minimum Gasteiger partial charge on any atom is -0.399 e. The van der Waals surface area contributed by atoms with Crippen molar-refractivity contribution in [3.63, 3.8) is 0 Å². The molecule has 0 aliphatic heterocycles. The maximum absolute atomic E-state index is 5.72. The number of hydrogen-bond donors (Lipinski definition) is 1. The minimum absolute atomic E-state index is 0.0374. The van der Waals surface area contributed by atoms with E-state index in [-0.39, 0.29) is 11.3 Å². The standard InChI is InChI=1S/C14H17N3O/c1-9(2)12-16-13(17-18-12)14(7-8-14)10-3-5-11(15)6-4-10/h3-6,9H,7-8,15H2,1-2H3. The zero-order valence-electron chi connectivity index (χ0n) is 10.7. The first-order valence-electron chi connectivity index (χ1n) is 6.32. The highest BCUT2D eigenvalue weighted by Gasteiger charge is 2.50. The molecule has 0 spiro atoms. The van der Waals surface area contributed by atoms with Crippen molar-refractivity contribution in [3.8, 4) is 0 Å². The summed E-state index contributed by atoms with van der Waals surface area (Å²) >= 11 is 0. The van der Waals surface area contributed by atoms with Crippen LogP contribution in [0.5, 0.6) is 0 Å². The number of benzene rings is 1. The number of nitrogen functional groups attached to an aromatic ring is 1. The van der Waals surface area contributed by atoms with Crippen molar-refractivity contribution in [2.45, 2.75) is 38.0 Å². The normalized spacial score (nSPS) is 17.1. The molecule has 2 N–H and O–H groups in total. The van der Waals surface area contributed by atoms with Crippen LogP contribution >= 0.6 is 0 Å². The molecular formula is C14H17N3O. The monoisotopic (exact) mass is 243 g/mol. The summed E-state index contributed by atoms with van der Waals surface area (Å²) < 4.78 is 5.31. The van der Waals surface area contributed by atoms with E-state index < -0.39 is 0 Å². The fourth-order valence-corrected chi connectivity index (χ4v) is 2.23. The lowest BCUT2D eigenvalue weighted by molar-refractivity contribution is 0.358. The van der Waals surface area contributed by atoms with Crippen LogP contribution in [0.25, 0.3) is 0 Å². The van der Waals surface area contributed by atoms with E-state index in [0.717, 1.165) is 24.4 Å². The van der Waals surface area contributed by atoms with Gasteiger partial charge in [-0.05, 0) is 30.5 Å². The van der Waals surface area contributed by atoms with Gasteiger partial charge in [-0.15, -0.1) is 0 Å². The summed E-state index contributed by atoms with van der Waals surface area (Å²) in [7, 11) is 0. The van der Waals surface area contributed by atoms with Gasteiger partial charge in [-0.25, -0.2) is 0 Å². The maximum Gasteiger partial charge on any atom is 0.229 e. The predicted molar refractivity (Wildman–Crippen MR) is 69.3 cm³/mol. The smallest absolute Gasteiger partial charge is 0.229 e. The largest absolute Gasteiger partial charge is 0.399 e. The molecule has 1 aromatic heterocycles. The SMILES string of the molecule is CC(C)c1nc(C2(c3ccc(N)cc3)CC2)no1. The fraction of sp³-hybridized carbons (Fsp3) is 0.429. The highest BCUT2D eigenvalue weighted by Crippen LogP contribution is 2.52. The van der Waals surface area contributed by atoms with Crippen LogP contribution in [0.15, 0.2) is 28.8 Å². The Kier molecular flexibility index (Phi) is 2.40. The second kappa shape index (κ2) is 3.83. The van der Waals surface area contributed by atoms with Crippen LogP contribution in [0, 0.1) is 0 Å². The van der Waals surface area contributed by atoms with Crippen molar-refractivity contribution in [1.82, 2.24) is 10.1 Å². The molecule has 0 unspecified atom stereocenters. The number of rotatable bonds is 3. The van der Waals surface area contributed by atoms with Crippen molar-refractivity contribution < 1.29 is 4.52 Å². The molecule has 2 aromatic rings. The van der Waals surface area contributed by atoms with E-state index in [2.05, 4.69) is 36.1 Å². The van der Waals surface area contributed by atoms with Gasteiger partial charge in [0.25, 0.3) is 0 Å². The van der Waals surface area contributed by atoms with Crippen molar-refractivity contribution in [2.24, 2.45) is 0 Å². The Bertz CT molecular complexity index is 553. The highest BCUT2D eigenvalue weighted by molar-refractivity contribution is 5.46. The topological polar surface area (TPSA) is 64.9 Å². The zero-order chi connectivity index (χ0) is 12.8. The lowest BCUT2D eigenvalue weighted by Gasteiger charge is -2.10. The fourth-order valence-electron chi connectivity index (χ4n) is 2.23. The molecular weight excluding hydrogens is 226 g/mol. The molecule has 1 aromatic carbocycles. The molecule has 1 heterocycles. The third kappa shape index (κ3) is 1.68. The van der Waals surface area contributed by atoms with E-state index >= 15 is 0 Å². The molecule has 0 bridgehead atoms. The minimum atomic E-state index is -0.0374. The van der Waals surface area contributed by atoms with Gasteiger partial charge in [-0.3, -0.25) is 0 Å². The number of aromatic nitrogens is 2.